The Kier molecular flexibility index (Phi) is 6.57. The van der Waals surface area contributed by atoms with E-state index in [1.807, 2.05) is 18.2 Å². The van der Waals surface area contributed by atoms with Crippen LogP contribution in [0.4, 0.5) is 0 Å². The van der Waals surface area contributed by atoms with E-state index < -0.39 is 5.97 Å². The smallest absolute Gasteiger partial charge is 0.335 e. The fraction of sp³-hybridized carbons (Fsp3) is 0.333. The Morgan fingerprint density at radius 3 is 2.67 bits per heavy atom. The minimum Gasteiger partial charge on any atom is -0.478 e. The maximum absolute atomic E-state index is 12.3. The number of ether oxygens (including phenoxy) is 1. The van der Waals surface area contributed by atoms with Crippen molar-refractivity contribution in [3.05, 3.63) is 71.3 Å². The number of hydrogen-bond acceptors (Lipinski definition) is 4. The fourth-order valence-electron chi connectivity index (χ4n) is 3.18. The van der Waals surface area contributed by atoms with E-state index in [1.165, 1.54) is 17.7 Å². The number of hydrogen-bond donors (Lipinski definition) is 2. The Morgan fingerprint density at radius 1 is 1.11 bits per heavy atom. The third-order valence-corrected chi connectivity index (χ3v) is 4.55. The zero-order chi connectivity index (χ0) is 19.1. The summed E-state index contributed by atoms with van der Waals surface area (Å²) in [7, 11) is 0. The zero-order valence-corrected chi connectivity index (χ0v) is 15.1. The van der Waals surface area contributed by atoms with Crippen molar-refractivity contribution >= 4 is 11.9 Å². The lowest BCUT2D eigenvalue weighted by Gasteiger charge is -2.24. The Hall–Kier alpha value is -2.70. The van der Waals surface area contributed by atoms with Gasteiger partial charge in [-0.05, 0) is 30.2 Å². The minimum atomic E-state index is -1.05. The SMILES string of the molecule is O=C(O)c1cccc(C(=O)NCC2CN(Cc3ccccc3)CCCO2)c1. The van der Waals surface area contributed by atoms with E-state index in [2.05, 4.69) is 22.3 Å². The lowest BCUT2D eigenvalue weighted by molar-refractivity contribution is 0.0510. The number of aromatic carboxylic acids is 1. The molecule has 0 saturated carbocycles. The molecule has 2 N–H and O–H groups in total. The second-order valence-electron chi connectivity index (χ2n) is 6.66. The number of carbonyl (C=O) groups is 2. The van der Waals surface area contributed by atoms with Gasteiger partial charge in [0.05, 0.1) is 11.7 Å². The number of benzene rings is 2. The summed E-state index contributed by atoms with van der Waals surface area (Å²) >= 11 is 0. The number of carbonyl (C=O) groups excluding carboxylic acids is 1. The molecule has 0 aliphatic carbocycles. The number of carboxylic acids is 1. The van der Waals surface area contributed by atoms with Crippen molar-refractivity contribution in [3.8, 4) is 0 Å². The first kappa shape index (κ1) is 19.1. The average molecular weight is 368 g/mol. The van der Waals surface area contributed by atoms with E-state index in [1.54, 1.807) is 12.1 Å². The fourth-order valence-corrected chi connectivity index (χ4v) is 3.18. The molecule has 0 radical (unpaired) electrons. The summed E-state index contributed by atoms with van der Waals surface area (Å²) in [6.45, 7) is 3.61. The topological polar surface area (TPSA) is 78.9 Å². The zero-order valence-electron chi connectivity index (χ0n) is 15.1. The predicted molar refractivity (Wildman–Crippen MR) is 102 cm³/mol. The molecule has 1 saturated heterocycles. The first-order chi connectivity index (χ1) is 13.1. The van der Waals surface area contributed by atoms with Gasteiger partial charge in [0.25, 0.3) is 5.91 Å². The van der Waals surface area contributed by atoms with Crippen molar-refractivity contribution in [2.45, 2.75) is 19.1 Å². The average Bonchev–Trinajstić information content (AvgIpc) is 2.92. The molecule has 1 aliphatic heterocycles. The summed E-state index contributed by atoms with van der Waals surface area (Å²) in [5.74, 6) is -1.34. The third kappa shape index (κ3) is 5.64. The van der Waals surface area contributed by atoms with E-state index in [4.69, 9.17) is 9.84 Å². The van der Waals surface area contributed by atoms with E-state index in [9.17, 15) is 9.59 Å². The van der Waals surface area contributed by atoms with Gasteiger partial charge in [0.2, 0.25) is 0 Å². The lowest BCUT2D eigenvalue weighted by Crippen LogP contribution is -2.40. The minimum absolute atomic E-state index is 0.0946. The largest absolute Gasteiger partial charge is 0.478 e. The van der Waals surface area contributed by atoms with Crippen LogP contribution >= 0.6 is 0 Å². The highest BCUT2D eigenvalue weighted by Gasteiger charge is 2.20. The van der Waals surface area contributed by atoms with Crippen molar-refractivity contribution in [1.82, 2.24) is 10.2 Å². The molecule has 1 atom stereocenters. The molecule has 1 fully saturated rings. The molecular weight excluding hydrogens is 344 g/mol. The maximum atomic E-state index is 12.3. The van der Waals surface area contributed by atoms with E-state index >= 15 is 0 Å². The van der Waals surface area contributed by atoms with Crippen LogP contribution in [0.3, 0.4) is 0 Å². The van der Waals surface area contributed by atoms with Crippen molar-refractivity contribution in [2.75, 3.05) is 26.2 Å². The van der Waals surface area contributed by atoms with Crippen LogP contribution in [0.15, 0.2) is 54.6 Å². The van der Waals surface area contributed by atoms with E-state index in [0.29, 0.717) is 18.7 Å². The van der Waals surface area contributed by atoms with Crippen LogP contribution in [0.25, 0.3) is 0 Å². The molecule has 27 heavy (non-hydrogen) atoms. The molecule has 0 spiro atoms. The second-order valence-corrected chi connectivity index (χ2v) is 6.66. The van der Waals surface area contributed by atoms with Gasteiger partial charge in [0.15, 0.2) is 0 Å². The molecule has 1 heterocycles. The summed E-state index contributed by atoms with van der Waals surface area (Å²) in [4.78, 5) is 25.7. The third-order valence-electron chi connectivity index (χ3n) is 4.55. The van der Waals surface area contributed by atoms with E-state index in [0.717, 1.165) is 26.1 Å². The van der Waals surface area contributed by atoms with Crippen LogP contribution < -0.4 is 5.32 Å². The molecule has 2 aromatic rings. The molecular formula is C21H24N2O4. The maximum Gasteiger partial charge on any atom is 0.335 e. The van der Waals surface area contributed by atoms with Crippen LogP contribution in [-0.2, 0) is 11.3 Å². The lowest BCUT2D eigenvalue weighted by atomic mass is 10.1. The first-order valence-corrected chi connectivity index (χ1v) is 9.11. The number of carboxylic acid groups (broad SMARTS) is 1. The summed E-state index contributed by atoms with van der Waals surface area (Å²) in [6.07, 6.45) is 0.862. The molecule has 3 rings (SSSR count). The number of rotatable bonds is 6. The van der Waals surface area contributed by atoms with Gasteiger partial charge < -0.3 is 15.2 Å². The van der Waals surface area contributed by atoms with Crippen LogP contribution in [0, 0.1) is 0 Å². The second kappa shape index (κ2) is 9.30. The van der Waals surface area contributed by atoms with Crippen molar-refractivity contribution in [1.29, 1.82) is 0 Å². The van der Waals surface area contributed by atoms with Gasteiger partial charge in [-0.2, -0.15) is 0 Å². The molecule has 6 nitrogen and oxygen atoms in total. The summed E-state index contributed by atoms with van der Waals surface area (Å²) < 4.78 is 5.87. The quantitative estimate of drug-likeness (QED) is 0.819. The normalized spacial score (nSPS) is 17.9. The summed E-state index contributed by atoms with van der Waals surface area (Å²) in [6, 6.07) is 16.3. The highest BCUT2D eigenvalue weighted by molar-refractivity contribution is 5.97. The molecule has 0 bridgehead atoms. The van der Waals surface area contributed by atoms with Crippen molar-refractivity contribution in [3.63, 3.8) is 0 Å². The van der Waals surface area contributed by atoms with Gasteiger partial charge in [-0.15, -0.1) is 0 Å². The molecule has 1 unspecified atom stereocenters. The molecule has 6 heteroatoms. The molecule has 2 aromatic carbocycles. The van der Waals surface area contributed by atoms with Crippen LogP contribution in [0.1, 0.15) is 32.7 Å². The summed E-state index contributed by atoms with van der Waals surface area (Å²) in [5.41, 5.74) is 1.69. The van der Waals surface area contributed by atoms with Crippen LogP contribution in [-0.4, -0.2) is 54.2 Å². The van der Waals surface area contributed by atoms with Crippen LogP contribution in [0.5, 0.6) is 0 Å². The Balaban J connectivity index is 1.55. The first-order valence-electron chi connectivity index (χ1n) is 9.11. The Labute approximate surface area is 158 Å². The number of nitrogens with zero attached hydrogens (tertiary/aromatic N) is 1. The van der Waals surface area contributed by atoms with Crippen molar-refractivity contribution < 1.29 is 19.4 Å². The van der Waals surface area contributed by atoms with E-state index in [-0.39, 0.29) is 17.6 Å². The van der Waals surface area contributed by atoms with Gasteiger partial charge >= 0.3 is 5.97 Å². The monoisotopic (exact) mass is 368 g/mol. The Morgan fingerprint density at radius 2 is 1.89 bits per heavy atom. The Bertz CT molecular complexity index is 779. The highest BCUT2D eigenvalue weighted by Crippen LogP contribution is 2.11. The van der Waals surface area contributed by atoms with Gasteiger partial charge in [0.1, 0.15) is 0 Å². The predicted octanol–water partition coefficient (Wildman–Crippen LogP) is 2.41. The standard InChI is InChI=1S/C21H24N2O4/c24-20(17-8-4-9-18(12-17)21(25)26)22-13-19-15-23(10-5-11-27-19)14-16-6-2-1-3-7-16/h1-4,6-9,12,19H,5,10-11,13-15H2,(H,22,24)(H,25,26). The van der Waals surface area contributed by atoms with Crippen molar-refractivity contribution in [2.24, 2.45) is 0 Å². The molecule has 142 valence electrons. The highest BCUT2D eigenvalue weighted by atomic mass is 16.5. The van der Waals surface area contributed by atoms with Gasteiger partial charge in [-0.25, -0.2) is 4.79 Å². The molecule has 1 amide bonds. The number of nitrogens with one attached hydrogen (secondary N) is 1. The van der Waals surface area contributed by atoms with Gasteiger partial charge in [-0.3, -0.25) is 9.69 Å². The van der Waals surface area contributed by atoms with Gasteiger partial charge in [-0.1, -0.05) is 36.4 Å². The molecule has 1 aliphatic rings. The van der Waals surface area contributed by atoms with Crippen LogP contribution in [0.2, 0.25) is 0 Å². The molecule has 0 aromatic heterocycles. The number of amides is 1. The van der Waals surface area contributed by atoms with Gasteiger partial charge in [0, 0.05) is 38.3 Å². The summed E-state index contributed by atoms with van der Waals surface area (Å²) in [5, 5.41) is 11.9.